The summed E-state index contributed by atoms with van der Waals surface area (Å²) in [4.78, 5) is 13.1. The molecule has 1 aliphatic heterocycles. The molecule has 2 aliphatic rings. The predicted molar refractivity (Wildman–Crippen MR) is 61.1 cm³/mol. The van der Waals surface area contributed by atoms with Gasteiger partial charge in [-0.05, 0) is 25.3 Å². The van der Waals surface area contributed by atoms with Crippen LogP contribution in [0.2, 0.25) is 0 Å². The second-order valence-electron chi connectivity index (χ2n) is 4.55. The summed E-state index contributed by atoms with van der Waals surface area (Å²) >= 11 is 0. The molecule has 92 valence electrons. The lowest BCUT2D eigenvalue weighted by Crippen LogP contribution is -2.33. The van der Waals surface area contributed by atoms with Gasteiger partial charge in [-0.2, -0.15) is 0 Å². The Morgan fingerprint density at radius 1 is 1.50 bits per heavy atom. The first-order valence-corrected chi connectivity index (χ1v) is 6.15. The van der Waals surface area contributed by atoms with Crippen molar-refractivity contribution < 1.29 is 9.53 Å². The molecular weight excluding hydrogens is 206 g/mol. The maximum Gasteiger partial charge on any atom is 0.317 e. The van der Waals surface area contributed by atoms with E-state index in [2.05, 4.69) is 5.32 Å². The number of carbonyl (C=O) groups excluding carboxylic acids is 1. The number of nitrogens with one attached hydrogen (secondary N) is 1. The highest BCUT2D eigenvalue weighted by atomic mass is 16.5. The van der Waals surface area contributed by atoms with Crippen LogP contribution in [0.1, 0.15) is 19.3 Å². The van der Waals surface area contributed by atoms with Crippen LogP contribution >= 0.6 is 0 Å². The number of carbonyl (C=O) groups is 1. The topological polar surface area (TPSA) is 67.6 Å². The van der Waals surface area contributed by atoms with Gasteiger partial charge in [-0.1, -0.05) is 6.42 Å². The standard InChI is InChI=1S/C11H21N3O2/c12-8-9-2-1-3-10(9)16-7-6-14-5-4-13-11(14)15/h9-10H,1-8,12H2,(H,13,15). The largest absolute Gasteiger partial charge is 0.376 e. The monoisotopic (exact) mass is 227 g/mol. The average Bonchev–Trinajstić information content (AvgIpc) is 2.88. The van der Waals surface area contributed by atoms with Gasteiger partial charge in [-0.25, -0.2) is 4.79 Å². The van der Waals surface area contributed by atoms with Crippen molar-refractivity contribution in [3.63, 3.8) is 0 Å². The van der Waals surface area contributed by atoms with Crippen LogP contribution in [0.15, 0.2) is 0 Å². The Morgan fingerprint density at radius 3 is 3.06 bits per heavy atom. The SMILES string of the molecule is NCC1CCCC1OCCN1CCNC1=O. The van der Waals surface area contributed by atoms with Crippen LogP contribution < -0.4 is 11.1 Å². The number of ether oxygens (including phenoxy) is 1. The van der Waals surface area contributed by atoms with Crippen molar-refractivity contribution in [2.75, 3.05) is 32.8 Å². The van der Waals surface area contributed by atoms with Gasteiger partial charge in [0.1, 0.15) is 0 Å². The summed E-state index contributed by atoms with van der Waals surface area (Å²) in [5, 5.41) is 2.78. The van der Waals surface area contributed by atoms with E-state index in [0.29, 0.717) is 25.2 Å². The zero-order chi connectivity index (χ0) is 11.4. The van der Waals surface area contributed by atoms with Gasteiger partial charge in [0.05, 0.1) is 12.7 Å². The summed E-state index contributed by atoms with van der Waals surface area (Å²) in [6, 6.07) is 0.0328. The highest BCUT2D eigenvalue weighted by molar-refractivity contribution is 5.76. The molecule has 2 amide bonds. The summed E-state index contributed by atoms with van der Waals surface area (Å²) in [7, 11) is 0. The zero-order valence-electron chi connectivity index (χ0n) is 9.65. The molecule has 1 saturated heterocycles. The number of nitrogens with zero attached hydrogens (tertiary/aromatic N) is 1. The Hall–Kier alpha value is -0.810. The highest BCUT2D eigenvalue weighted by Gasteiger charge is 2.27. The van der Waals surface area contributed by atoms with Crippen molar-refractivity contribution in [1.29, 1.82) is 0 Å². The van der Waals surface area contributed by atoms with Gasteiger partial charge in [-0.3, -0.25) is 0 Å². The number of hydrogen-bond donors (Lipinski definition) is 2. The molecule has 5 nitrogen and oxygen atoms in total. The molecule has 0 aromatic carbocycles. The van der Waals surface area contributed by atoms with E-state index < -0.39 is 0 Å². The molecule has 2 atom stereocenters. The Bertz CT molecular complexity index is 247. The number of hydrogen-bond acceptors (Lipinski definition) is 3. The predicted octanol–water partition coefficient (Wildman–Crippen LogP) is 0.156. The van der Waals surface area contributed by atoms with Crippen LogP contribution in [0.4, 0.5) is 4.79 Å². The molecule has 16 heavy (non-hydrogen) atoms. The van der Waals surface area contributed by atoms with E-state index >= 15 is 0 Å². The van der Waals surface area contributed by atoms with Crippen LogP contribution in [0.3, 0.4) is 0 Å². The van der Waals surface area contributed by atoms with Gasteiger partial charge in [0.25, 0.3) is 0 Å². The van der Waals surface area contributed by atoms with E-state index in [4.69, 9.17) is 10.5 Å². The lowest BCUT2D eigenvalue weighted by molar-refractivity contribution is 0.0234. The summed E-state index contributed by atoms with van der Waals surface area (Å²) in [5.41, 5.74) is 5.69. The number of amides is 2. The summed E-state index contributed by atoms with van der Waals surface area (Å²) in [5.74, 6) is 0.521. The molecule has 5 heteroatoms. The first-order chi connectivity index (χ1) is 7.81. The van der Waals surface area contributed by atoms with Gasteiger partial charge in [-0.15, -0.1) is 0 Å². The number of urea groups is 1. The fourth-order valence-electron chi connectivity index (χ4n) is 2.53. The molecule has 1 saturated carbocycles. The third kappa shape index (κ3) is 2.65. The van der Waals surface area contributed by atoms with E-state index in [1.165, 1.54) is 12.8 Å². The average molecular weight is 227 g/mol. The Balaban J connectivity index is 1.65. The minimum Gasteiger partial charge on any atom is -0.376 e. The third-order valence-electron chi connectivity index (χ3n) is 3.53. The van der Waals surface area contributed by atoms with E-state index in [-0.39, 0.29) is 6.03 Å². The first kappa shape index (κ1) is 11.7. The van der Waals surface area contributed by atoms with Crippen LogP contribution in [-0.2, 0) is 4.74 Å². The minimum absolute atomic E-state index is 0.0328. The number of nitrogens with two attached hydrogens (primary N) is 1. The van der Waals surface area contributed by atoms with Gasteiger partial charge >= 0.3 is 6.03 Å². The van der Waals surface area contributed by atoms with Crippen molar-refractivity contribution in [1.82, 2.24) is 10.2 Å². The molecule has 2 fully saturated rings. The second-order valence-corrected chi connectivity index (χ2v) is 4.55. The van der Waals surface area contributed by atoms with E-state index in [9.17, 15) is 4.79 Å². The van der Waals surface area contributed by atoms with E-state index in [1.807, 2.05) is 0 Å². The van der Waals surface area contributed by atoms with Crippen molar-refractivity contribution in [2.24, 2.45) is 11.7 Å². The molecule has 0 aromatic heterocycles. The zero-order valence-corrected chi connectivity index (χ0v) is 9.65. The Morgan fingerprint density at radius 2 is 2.38 bits per heavy atom. The molecule has 0 spiro atoms. The fraction of sp³-hybridized carbons (Fsp3) is 0.909. The van der Waals surface area contributed by atoms with Gasteiger partial charge in [0, 0.05) is 19.6 Å². The van der Waals surface area contributed by atoms with Crippen molar-refractivity contribution in [3.05, 3.63) is 0 Å². The maximum absolute atomic E-state index is 11.3. The van der Waals surface area contributed by atoms with Crippen LogP contribution in [0, 0.1) is 5.92 Å². The molecule has 3 N–H and O–H groups in total. The van der Waals surface area contributed by atoms with Crippen LogP contribution in [0.25, 0.3) is 0 Å². The summed E-state index contributed by atoms with van der Waals surface area (Å²) in [6.07, 6.45) is 3.84. The molecule has 2 rings (SSSR count). The Kier molecular flexibility index (Phi) is 4.01. The molecule has 0 bridgehead atoms. The lowest BCUT2D eigenvalue weighted by atomic mass is 10.1. The molecule has 2 unspecified atom stereocenters. The van der Waals surface area contributed by atoms with Crippen LogP contribution in [0.5, 0.6) is 0 Å². The fourth-order valence-corrected chi connectivity index (χ4v) is 2.53. The molecule has 1 heterocycles. The quantitative estimate of drug-likeness (QED) is 0.703. The van der Waals surface area contributed by atoms with E-state index in [0.717, 1.165) is 26.1 Å². The second kappa shape index (κ2) is 5.50. The van der Waals surface area contributed by atoms with E-state index in [1.54, 1.807) is 4.90 Å². The van der Waals surface area contributed by atoms with Gasteiger partial charge in [0.15, 0.2) is 0 Å². The smallest absolute Gasteiger partial charge is 0.317 e. The Labute approximate surface area is 96.3 Å². The summed E-state index contributed by atoms with van der Waals surface area (Å²) in [6.45, 7) is 3.60. The summed E-state index contributed by atoms with van der Waals surface area (Å²) < 4.78 is 5.82. The molecule has 1 aliphatic carbocycles. The third-order valence-corrected chi connectivity index (χ3v) is 3.53. The first-order valence-electron chi connectivity index (χ1n) is 6.15. The highest BCUT2D eigenvalue weighted by Crippen LogP contribution is 2.27. The lowest BCUT2D eigenvalue weighted by Gasteiger charge is -2.20. The van der Waals surface area contributed by atoms with Crippen molar-refractivity contribution in [2.45, 2.75) is 25.4 Å². The van der Waals surface area contributed by atoms with Crippen molar-refractivity contribution in [3.8, 4) is 0 Å². The normalized spacial score (nSPS) is 29.8. The maximum atomic E-state index is 11.3. The van der Waals surface area contributed by atoms with Crippen LogP contribution in [-0.4, -0.2) is 49.8 Å². The molecule has 0 radical (unpaired) electrons. The molecule has 0 aromatic rings. The van der Waals surface area contributed by atoms with Gasteiger partial charge in [0.2, 0.25) is 0 Å². The number of rotatable bonds is 5. The molecular formula is C11H21N3O2. The van der Waals surface area contributed by atoms with Gasteiger partial charge < -0.3 is 20.7 Å². The minimum atomic E-state index is 0.0328. The van der Waals surface area contributed by atoms with Crippen molar-refractivity contribution >= 4 is 6.03 Å².